The van der Waals surface area contributed by atoms with Crippen molar-refractivity contribution >= 4 is 40.8 Å². The minimum Gasteiger partial charge on any atom is -0.455 e. The number of nitrogens with zero attached hydrogens (tertiary/aromatic N) is 1. The quantitative estimate of drug-likeness (QED) is 0.687. The number of thiophene rings is 1. The molecular weight excluding hydrogens is 406 g/mol. The van der Waals surface area contributed by atoms with Crippen molar-refractivity contribution in [1.82, 2.24) is 10.6 Å². The summed E-state index contributed by atoms with van der Waals surface area (Å²) in [7, 11) is 0. The van der Waals surface area contributed by atoms with Gasteiger partial charge in [-0.15, -0.1) is 11.3 Å². The van der Waals surface area contributed by atoms with Crippen molar-refractivity contribution in [2.75, 3.05) is 18.1 Å². The minimum atomic E-state index is -0.755. The highest BCUT2D eigenvalue weighted by atomic mass is 32.1. The van der Waals surface area contributed by atoms with E-state index in [0.29, 0.717) is 12.2 Å². The van der Waals surface area contributed by atoms with Gasteiger partial charge in [0.25, 0.3) is 5.91 Å². The highest BCUT2D eigenvalue weighted by Crippen LogP contribution is 2.43. The molecule has 30 heavy (non-hydrogen) atoms. The van der Waals surface area contributed by atoms with Crippen LogP contribution in [0, 0.1) is 12.8 Å². The molecule has 2 aromatic rings. The SMILES string of the molecule is CCNC(=O)NC(=O)COC(=O)[C@@H]1CC(=O)N(c2ccc(C)cc2)[C@@H]1c1cccs1. The van der Waals surface area contributed by atoms with Crippen LogP contribution in [-0.4, -0.2) is 37.0 Å². The van der Waals surface area contributed by atoms with E-state index < -0.39 is 36.5 Å². The lowest BCUT2D eigenvalue weighted by molar-refractivity contribution is -0.152. The number of ether oxygens (including phenoxy) is 1. The van der Waals surface area contributed by atoms with Crippen LogP contribution in [0.3, 0.4) is 0 Å². The van der Waals surface area contributed by atoms with E-state index in [-0.39, 0.29) is 12.3 Å². The number of esters is 1. The number of hydrogen-bond acceptors (Lipinski definition) is 6. The Morgan fingerprint density at radius 1 is 1.20 bits per heavy atom. The number of amides is 4. The lowest BCUT2D eigenvalue weighted by Gasteiger charge is -2.27. The normalized spacial score (nSPS) is 18.2. The van der Waals surface area contributed by atoms with Crippen LogP contribution in [0.4, 0.5) is 10.5 Å². The summed E-state index contributed by atoms with van der Waals surface area (Å²) in [6.07, 6.45) is -0.0206. The van der Waals surface area contributed by atoms with Crippen molar-refractivity contribution < 1.29 is 23.9 Å². The number of anilines is 1. The van der Waals surface area contributed by atoms with Gasteiger partial charge in [0.05, 0.1) is 12.0 Å². The molecule has 2 heterocycles. The van der Waals surface area contributed by atoms with Crippen LogP contribution in [0.5, 0.6) is 0 Å². The maximum absolute atomic E-state index is 12.8. The third-order valence-electron chi connectivity index (χ3n) is 4.71. The summed E-state index contributed by atoms with van der Waals surface area (Å²) in [6.45, 7) is 3.44. The molecule has 4 amide bonds. The number of urea groups is 1. The second-order valence-corrected chi connectivity index (χ2v) is 7.86. The Kier molecular flexibility index (Phi) is 6.83. The largest absolute Gasteiger partial charge is 0.455 e. The molecule has 2 atom stereocenters. The summed E-state index contributed by atoms with van der Waals surface area (Å²) in [5, 5.41) is 6.37. The molecule has 158 valence electrons. The van der Waals surface area contributed by atoms with E-state index in [9.17, 15) is 19.2 Å². The first-order valence-corrected chi connectivity index (χ1v) is 10.4. The topological polar surface area (TPSA) is 105 Å². The van der Waals surface area contributed by atoms with E-state index >= 15 is 0 Å². The second kappa shape index (κ2) is 9.53. The van der Waals surface area contributed by atoms with E-state index in [4.69, 9.17) is 4.74 Å². The first-order valence-electron chi connectivity index (χ1n) is 9.57. The van der Waals surface area contributed by atoms with E-state index in [1.165, 1.54) is 11.3 Å². The molecule has 9 heteroatoms. The van der Waals surface area contributed by atoms with Crippen molar-refractivity contribution in [1.29, 1.82) is 0 Å². The first kappa shape index (κ1) is 21.5. The monoisotopic (exact) mass is 429 g/mol. The lowest BCUT2D eigenvalue weighted by atomic mass is 9.99. The summed E-state index contributed by atoms with van der Waals surface area (Å²) in [5.41, 5.74) is 1.76. The highest BCUT2D eigenvalue weighted by Gasteiger charge is 2.46. The van der Waals surface area contributed by atoms with Crippen LogP contribution in [-0.2, 0) is 19.1 Å². The average Bonchev–Trinajstić information content (AvgIpc) is 3.34. The molecule has 3 rings (SSSR count). The van der Waals surface area contributed by atoms with Crippen LogP contribution >= 0.6 is 11.3 Å². The van der Waals surface area contributed by atoms with E-state index in [0.717, 1.165) is 10.4 Å². The van der Waals surface area contributed by atoms with Crippen molar-refractivity contribution in [3.8, 4) is 0 Å². The van der Waals surface area contributed by atoms with Gasteiger partial charge in [-0.3, -0.25) is 19.7 Å². The molecule has 0 unspecified atom stereocenters. The van der Waals surface area contributed by atoms with Gasteiger partial charge in [0.1, 0.15) is 0 Å². The van der Waals surface area contributed by atoms with Crippen molar-refractivity contribution in [2.24, 2.45) is 5.92 Å². The Bertz CT molecular complexity index is 927. The molecule has 0 aliphatic carbocycles. The number of nitrogens with one attached hydrogen (secondary N) is 2. The fourth-order valence-corrected chi connectivity index (χ4v) is 4.23. The molecule has 0 spiro atoms. The van der Waals surface area contributed by atoms with E-state index in [1.807, 2.05) is 48.7 Å². The van der Waals surface area contributed by atoms with Crippen molar-refractivity contribution in [2.45, 2.75) is 26.3 Å². The van der Waals surface area contributed by atoms with E-state index in [2.05, 4.69) is 10.6 Å². The van der Waals surface area contributed by atoms with Gasteiger partial charge in [0, 0.05) is 23.5 Å². The van der Waals surface area contributed by atoms with Gasteiger partial charge in [-0.2, -0.15) is 0 Å². The predicted octanol–water partition coefficient (Wildman–Crippen LogP) is 2.54. The molecular formula is C21H23N3O5S. The Hall–Kier alpha value is -3.20. The number of carbonyl (C=O) groups is 4. The zero-order valence-corrected chi connectivity index (χ0v) is 17.5. The average molecular weight is 429 g/mol. The highest BCUT2D eigenvalue weighted by molar-refractivity contribution is 7.10. The van der Waals surface area contributed by atoms with Crippen molar-refractivity contribution in [3.63, 3.8) is 0 Å². The van der Waals surface area contributed by atoms with Crippen LogP contribution in [0.2, 0.25) is 0 Å². The predicted molar refractivity (Wildman–Crippen MR) is 112 cm³/mol. The third-order valence-corrected chi connectivity index (χ3v) is 5.65. The summed E-state index contributed by atoms with van der Waals surface area (Å²) < 4.78 is 5.14. The number of carbonyl (C=O) groups excluding carboxylic acids is 4. The molecule has 1 aromatic heterocycles. The maximum atomic E-state index is 12.8. The molecule has 0 saturated carbocycles. The Balaban J connectivity index is 1.75. The molecule has 0 radical (unpaired) electrons. The summed E-state index contributed by atoms with van der Waals surface area (Å²) in [5.74, 6) is -2.33. The van der Waals surface area contributed by atoms with Gasteiger partial charge >= 0.3 is 12.0 Å². The van der Waals surface area contributed by atoms with Gasteiger partial charge in [-0.05, 0) is 37.4 Å². The van der Waals surface area contributed by atoms with Gasteiger partial charge in [0.2, 0.25) is 5.91 Å². The fraction of sp³-hybridized carbons (Fsp3) is 0.333. The Morgan fingerprint density at radius 3 is 2.57 bits per heavy atom. The van der Waals surface area contributed by atoms with Crippen LogP contribution < -0.4 is 15.5 Å². The number of hydrogen-bond donors (Lipinski definition) is 2. The minimum absolute atomic E-state index is 0.0206. The Morgan fingerprint density at radius 2 is 1.93 bits per heavy atom. The zero-order chi connectivity index (χ0) is 21.7. The molecule has 1 fully saturated rings. The molecule has 1 saturated heterocycles. The lowest BCUT2D eigenvalue weighted by Crippen LogP contribution is -2.41. The molecule has 8 nitrogen and oxygen atoms in total. The van der Waals surface area contributed by atoms with Crippen molar-refractivity contribution in [3.05, 3.63) is 52.2 Å². The zero-order valence-electron chi connectivity index (χ0n) is 16.7. The molecule has 1 aromatic carbocycles. The molecule has 0 bridgehead atoms. The summed E-state index contributed by atoms with van der Waals surface area (Å²) >= 11 is 1.45. The van der Waals surface area contributed by atoms with Crippen LogP contribution in [0.15, 0.2) is 41.8 Å². The summed E-state index contributed by atoms with van der Waals surface area (Å²) in [6, 6.07) is 10.1. The number of benzene rings is 1. The van der Waals surface area contributed by atoms with Gasteiger partial charge in [-0.25, -0.2) is 4.79 Å². The smallest absolute Gasteiger partial charge is 0.321 e. The molecule has 2 N–H and O–H groups in total. The number of imide groups is 1. The van der Waals surface area contributed by atoms with Gasteiger partial charge in [-0.1, -0.05) is 23.8 Å². The first-order chi connectivity index (χ1) is 14.4. The fourth-order valence-electron chi connectivity index (χ4n) is 3.35. The van der Waals surface area contributed by atoms with Gasteiger partial charge < -0.3 is 15.0 Å². The number of rotatable bonds is 6. The molecule has 1 aliphatic rings. The van der Waals surface area contributed by atoms with Crippen LogP contribution in [0.1, 0.15) is 29.8 Å². The standard InChI is InChI=1S/C21H23N3O5S/c1-3-22-21(28)23-17(25)12-29-20(27)15-11-18(26)24(14-8-6-13(2)7-9-14)19(15)16-5-4-10-30-16/h4-10,15,19H,3,11-12H2,1-2H3,(H2,22,23,25,28)/t15-,19+/m1/s1. The van der Waals surface area contributed by atoms with Crippen LogP contribution in [0.25, 0.3) is 0 Å². The summed E-state index contributed by atoms with van der Waals surface area (Å²) in [4.78, 5) is 51.3. The van der Waals surface area contributed by atoms with E-state index in [1.54, 1.807) is 11.8 Å². The number of aryl methyl sites for hydroxylation is 1. The third kappa shape index (κ3) is 4.85. The molecule has 1 aliphatic heterocycles. The van der Waals surface area contributed by atoms with Gasteiger partial charge in [0.15, 0.2) is 6.61 Å². The second-order valence-electron chi connectivity index (χ2n) is 6.89. The Labute approximate surface area is 178 Å². The maximum Gasteiger partial charge on any atom is 0.321 e.